The number of hydrogen-bond acceptors (Lipinski definition) is 5. The maximum absolute atomic E-state index is 14.7. The molecule has 9 nitrogen and oxygen atoms in total. The number of H-pyrrole nitrogens is 2. The van der Waals surface area contributed by atoms with Crippen molar-refractivity contribution in [1.29, 1.82) is 0 Å². The summed E-state index contributed by atoms with van der Waals surface area (Å²) >= 11 is 0. The highest BCUT2D eigenvalue weighted by Crippen LogP contribution is 2.55. The van der Waals surface area contributed by atoms with Gasteiger partial charge in [0.15, 0.2) is 5.65 Å². The first-order chi connectivity index (χ1) is 16.7. The normalized spacial score (nSPS) is 17.9. The van der Waals surface area contributed by atoms with Gasteiger partial charge in [-0.25, -0.2) is 18.7 Å². The van der Waals surface area contributed by atoms with Crippen molar-refractivity contribution in [3.8, 4) is 11.3 Å². The number of fused-ring (bicyclic) bond motifs is 2. The third-order valence-corrected chi connectivity index (χ3v) is 6.14. The molecule has 0 spiro atoms. The molecule has 4 heterocycles. The smallest absolute Gasteiger partial charge is 0.313 e. The van der Waals surface area contributed by atoms with Crippen LogP contribution in [0.1, 0.15) is 29.5 Å². The van der Waals surface area contributed by atoms with E-state index in [1.54, 1.807) is 22.8 Å². The van der Waals surface area contributed by atoms with E-state index in [2.05, 4.69) is 25.1 Å². The van der Waals surface area contributed by atoms with Crippen LogP contribution in [0.4, 0.5) is 17.6 Å². The Labute approximate surface area is 192 Å². The van der Waals surface area contributed by atoms with E-state index in [0.717, 1.165) is 10.9 Å². The lowest BCUT2D eigenvalue weighted by Crippen LogP contribution is -2.23. The van der Waals surface area contributed by atoms with E-state index in [9.17, 15) is 27.2 Å². The first-order valence-electron chi connectivity index (χ1n) is 10.6. The van der Waals surface area contributed by atoms with Crippen molar-refractivity contribution in [1.82, 2.24) is 34.3 Å². The third-order valence-electron chi connectivity index (χ3n) is 6.14. The molecule has 1 fully saturated rings. The van der Waals surface area contributed by atoms with Crippen LogP contribution in [0.15, 0.2) is 52.4 Å². The molecule has 4 aromatic heterocycles. The Morgan fingerprint density at radius 3 is 2.71 bits per heavy atom. The maximum Gasteiger partial charge on any atom is 0.408 e. The van der Waals surface area contributed by atoms with Gasteiger partial charge in [-0.3, -0.25) is 14.5 Å². The summed E-state index contributed by atoms with van der Waals surface area (Å²) in [4.78, 5) is 32.7. The largest absolute Gasteiger partial charge is 0.408 e. The Morgan fingerprint density at radius 1 is 1.11 bits per heavy atom. The summed E-state index contributed by atoms with van der Waals surface area (Å²) in [7, 11) is 0. The predicted molar refractivity (Wildman–Crippen MR) is 116 cm³/mol. The van der Waals surface area contributed by atoms with Gasteiger partial charge in [0.1, 0.15) is 12.4 Å². The number of aromatic amines is 2. The van der Waals surface area contributed by atoms with Gasteiger partial charge in [-0.05, 0) is 36.1 Å². The van der Waals surface area contributed by atoms with Crippen molar-refractivity contribution in [2.45, 2.75) is 31.0 Å². The first-order valence-corrected chi connectivity index (χ1v) is 10.6. The molecule has 1 aliphatic rings. The molecule has 1 saturated carbocycles. The SMILES string of the molecule is O=c1[nH]cc(-c2cc(C3C[C@@H]3c3cc(F)c4cnn(CC(F)(F)F)c4c3)n3nccc3n2)c(=O)[nH]1. The number of nitrogens with zero attached hydrogens (tertiary/aromatic N) is 5. The minimum atomic E-state index is -4.49. The number of nitrogens with one attached hydrogen (secondary N) is 2. The molecule has 6 rings (SSSR count). The fraction of sp³-hybridized carbons (Fsp3) is 0.227. The van der Waals surface area contributed by atoms with Gasteiger partial charge in [-0.15, -0.1) is 0 Å². The fourth-order valence-electron chi connectivity index (χ4n) is 4.49. The van der Waals surface area contributed by atoms with Gasteiger partial charge >= 0.3 is 11.9 Å². The molecule has 0 bridgehead atoms. The second-order valence-electron chi connectivity index (χ2n) is 8.45. The Hall–Kier alpha value is -4.29. The molecule has 0 saturated heterocycles. The fourth-order valence-corrected chi connectivity index (χ4v) is 4.49. The number of aromatic nitrogens is 7. The molecule has 0 aliphatic heterocycles. The average Bonchev–Trinajstić information content (AvgIpc) is 3.26. The van der Waals surface area contributed by atoms with Crippen molar-refractivity contribution >= 4 is 16.6 Å². The predicted octanol–water partition coefficient (Wildman–Crippen LogP) is 3.10. The molecule has 2 atom stereocenters. The molecule has 2 N–H and O–H groups in total. The highest BCUT2D eigenvalue weighted by atomic mass is 19.4. The molecule has 0 amide bonds. The lowest BCUT2D eigenvalue weighted by molar-refractivity contribution is -0.141. The maximum atomic E-state index is 14.7. The molecule has 1 aromatic carbocycles. The summed E-state index contributed by atoms with van der Waals surface area (Å²) in [5.41, 5.74) is 1.03. The molecule has 5 aromatic rings. The molecule has 1 aliphatic carbocycles. The van der Waals surface area contributed by atoms with Gasteiger partial charge in [0.05, 0.1) is 40.2 Å². The lowest BCUT2D eigenvalue weighted by atomic mass is 10.0. The van der Waals surface area contributed by atoms with Gasteiger partial charge in [-0.2, -0.15) is 23.4 Å². The number of halogens is 4. The third kappa shape index (κ3) is 3.68. The van der Waals surface area contributed by atoms with Crippen LogP contribution in [0.3, 0.4) is 0 Å². The second-order valence-corrected chi connectivity index (χ2v) is 8.45. The van der Waals surface area contributed by atoms with Crippen LogP contribution in [-0.2, 0) is 6.54 Å². The quantitative estimate of drug-likeness (QED) is 0.380. The van der Waals surface area contributed by atoms with Gasteiger partial charge in [0, 0.05) is 18.2 Å². The summed E-state index contributed by atoms with van der Waals surface area (Å²) in [5, 5.41) is 8.02. The molecule has 0 radical (unpaired) electrons. The van der Waals surface area contributed by atoms with E-state index in [0.29, 0.717) is 29.0 Å². The number of rotatable bonds is 4. The minimum absolute atomic E-state index is 0.0214. The number of alkyl halides is 3. The second kappa shape index (κ2) is 7.35. The van der Waals surface area contributed by atoms with Gasteiger partial charge in [0.2, 0.25) is 0 Å². The van der Waals surface area contributed by atoms with Crippen LogP contribution in [0.5, 0.6) is 0 Å². The Bertz CT molecular complexity index is 1730. The van der Waals surface area contributed by atoms with Crippen LogP contribution in [0.25, 0.3) is 27.8 Å². The molecule has 13 heteroatoms. The molecular weight excluding hydrogens is 470 g/mol. The zero-order chi connectivity index (χ0) is 24.5. The molecule has 1 unspecified atom stereocenters. The number of benzene rings is 1. The van der Waals surface area contributed by atoms with E-state index in [-0.39, 0.29) is 28.3 Å². The van der Waals surface area contributed by atoms with Crippen molar-refractivity contribution < 1.29 is 17.6 Å². The van der Waals surface area contributed by atoms with Crippen LogP contribution in [-0.4, -0.2) is 40.5 Å². The lowest BCUT2D eigenvalue weighted by Gasteiger charge is -2.10. The van der Waals surface area contributed by atoms with Gasteiger partial charge < -0.3 is 4.98 Å². The van der Waals surface area contributed by atoms with E-state index < -0.39 is 29.8 Å². The highest BCUT2D eigenvalue weighted by Gasteiger charge is 2.42. The van der Waals surface area contributed by atoms with E-state index >= 15 is 0 Å². The summed E-state index contributed by atoms with van der Waals surface area (Å²) in [6.07, 6.45) is 0.0147. The first kappa shape index (κ1) is 21.3. The summed E-state index contributed by atoms with van der Waals surface area (Å²) < 4.78 is 55.9. The van der Waals surface area contributed by atoms with Crippen LogP contribution < -0.4 is 11.2 Å². The van der Waals surface area contributed by atoms with Crippen molar-refractivity contribution in [3.63, 3.8) is 0 Å². The Kier molecular flexibility index (Phi) is 4.47. The molecule has 35 heavy (non-hydrogen) atoms. The molecular formula is C22H15F4N7O2. The summed E-state index contributed by atoms with van der Waals surface area (Å²) in [6, 6.07) is 6.19. The zero-order valence-corrected chi connectivity index (χ0v) is 17.7. The average molecular weight is 485 g/mol. The van der Waals surface area contributed by atoms with Gasteiger partial charge in [0.25, 0.3) is 5.56 Å². The summed E-state index contributed by atoms with van der Waals surface area (Å²) in [6.45, 7) is -1.32. The van der Waals surface area contributed by atoms with Crippen LogP contribution >= 0.6 is 0 Å². The number of hydrogen-bond donors (Lipinski definition) is 2. The van der Waals surface area contributed by atoms with E-state index in [4.69, 9.17) is 0 Å². The summed E-state index contributed by atoms with van der Waals surface area (Å²) in [5.74, 6) is -0.965. The van der Waals surface area contributed by atoms with E-state index in [1.807, 2.05) is 0 Å². The standard InChI is InChI=1S/C22H15F4N7O2/c23-15-3-10(4-17-13(15)8-29-32(17)9-22(24,25)26)11-5-12(11)18-6-16(30-19-1-2-28-33(18)19)14-7-27-21(35)31-20(14)34/h1-4,6-8,11-12H,5,9H2,(H2,27,31,34,35)/t11-,12?/m1/s1. The van der Waals surface area contributed by atoms with E-state index in [1.165, 1.54) is 18.3 Å². The topological polar surface area (TPSA) is 114 Å². The van der Waals surface area contributed by atoms with Crippen LogP contribution in [0, 0.1) is 5.82 Å². The van der Waals surface area contributed by atoms with Gasteiger partial charge in [-0.1, -0.05) is 0 Å². The minimum Gasteiger partial charge on any atom is -0.313 e. The monoisotopic (exact) mass is 485 g/mol. The van der Waals surface area contributed by atoms with Crippen molar-refractivity contribution in [3.05, 3.63) is 80.8 Å². The Balaban J connectivity index is 1.41. The molecule has 178 valence electrons. The van der Waals surface area contributed by atoms with Crippen molar-refractivity contribution in [2.24, 2.45) is 0 Å². The Morgan fingerprint density at radius 2 is 1.94 bits per heavy atom. The zero-order valence-electron chi connectivity index (χ0n) is 17.7. The van der Waals surface area contributed by atoms with Crippen molar-refractivity contribution in [2.75, 3.05) is 0 Å². The highest BCUT2D eigenvalue weighted by molar-refractivity contribution is 5.80. The van der Waals surface area contributed by atoms with Crippen LogP contribution in [0.2, 0.25) is 0 Å².